The highest BCUT2D eigenvalue weighted by atomic mass is 16.6. The summed E-state index contributed by atoms with van der Waals surface area (Å²) < 4.78 is 10.9. The van der Waals surface area contributed by atoms with E-state index in [1.165, 1.54) is 12.1 Å². The fraction of sp³-hybridized carbons (Fsp3) is 0.176. The van der Waals surface area contributed by atoms with Crippen LogP contribution >= 0.6 is 0 Å². The average molecular weight is 341 g/mol. The number of nitrogens with zero attached hydrogens (tertiary/aromatic N) is 2. The Bertz CT molecular complexity index is 846. The van der Waals surface area contributed by atoms with E-state index in [1.54, 1.807) is 37.3 Å². The minimum atomic E-state index is -0.472. The predicted molar refractivity (Wildman–Crippen MR) is 90.2 cm³/mol. The molecule has 0 fully saturated rings. The molecule has 8 nitrogen and oxygen atoms in total. The number of nitro benzene ring substituents is 1. The quantitative estimate of drug-likeness (QED) is 0.523. The summed E-state index contributed by atoms with van der Waals surface area (Å²) in [6, 6.07) is 10.8. The Kier molecular flexibility index (Phi) is 4.60. The number of benzene rings is 2. The third kappa shape index (κ3) is 3.74. The Morgan fingerprint density at radius 1 is 1.08 bits per heavy atom. The molecule has 1 heterocycles. The second-order valence-electron chi connectivity index (χ2n) is 5.30. The van der Waals surface area contributed by atoms with Gasteiger partial charge < -0.3 is 9.47 Å². The van der Waals surface area contributed by atoms with Crippen LogP contribution in [-0.2, 0) is 0 Å². The van der Waals surface area contributed by atoms with E-state index in [-0.39, 0.29) is 5.69 Å². The molecule has 0 spiro atoms. The van der Waals surface area contributed by atoms with Gasteiger partial charge in [-0.3, -0.25) is 14.9 Å². The molecular weight excluding hydrogens is 326 g/mol. The summed E-state index contributed by atoms with van der Waals surface area (Å²) in [5, 5.41) is 14.7. The van der Waals surface area contributed by atoms with Crippen LogP contribution < -0.4 is 14.9 Å². The number of hydrogen-bond donors (Lipinski definition) is 1. The number of amides is 1. The Morgan fingerprint density at radius 2 is 1.72 bits per heavy atom. The molecule has 1 aliphatic rings. The van der Waals surface area contributed by atoms with E-state index in [9.17, 15) is 14.9 Å². The lowest BCUT2D eigenvalue weighted by molar-refractivity contribution is -0.384. The van der Waals surface area contributed by atoms with Gasteiger partial charge in [-0.05, 0) is 42.8 Å². The van der Waals surface area contributed by atoms with Crippen molar-refractivity contribution in [3.63, 3.8) is 0 Å². The zero-order chi connectivity index (χ0) is 17.8. The number of hydrogen-bond acceptors (Lipinski definition) is 6. The lowest BCUT2D eigenvalue weighted by Crippen LogP contribution is -2.20. The molecule has 25 heavy (non-hydrogen) atoms. The molecule has 2 aromatic carbocycles. The van der Waals surface area contributed by atoms with Gasteiger partial charge in [0.05, 0.1) is 10.6 Å². The summed E-state index contributed by atoms with van der Waals surface area (Å²) in [5.41, 5.74) is 4.05. The Hall–Kier alpha value is -3.42. The first-order valence-electron chi connectivity index (χ1n) is 7.54. The van der Waals surface area contributed by atoms with E-state index >= 15 is 0 Å². The largest absolute Gasteiger partial charge is 0.486 e. The van der Waals surface area contributed by atoms with Gasteiger partial charge in [0.2, 0.25) is 0 Å². The van der Waals surface area contributed by atoms with Crippen LogP contribution in [0.3, 0.4) is 0 Å². The molecule has 0 radical (unpaired) electrons. The van der Waals surface area contributed by atoms with Gasteiger partial charge in [-0.15, -0.1) is 0 Å². The maximum atomic E-state index is 12.2. The van der Waals surface area contributed by atoms with Crippen LogP contribution in [0.25, 0.3) is 0 Å². The SMILES string of the molecule is C/C(=N/NC(=O)c1ccc2c(c1)OCCO2)c1ccc([N+](=O)[O-])cc1. The highest BCUT2D eigenvalue weighted by molar-refractivity contribution is 6.01. The normalized spacial score (nSPS) is 13.2. The van der Waals surface area contributed by atoms with Gasteiger partial charge in [0, 0.05) is 17.7 Å². The summed E-state index contributed by atoms with van der Waals surface area (Å²) in [6.45, 7) is 2.62. The van der Waals surface area contributed by atoms with Crippen molar-refractivity contribution >= 4 is 17.3 Å². The minimum absolute atomic E-state index is 0.00290. The first-order valence-corrected chi connectivity index (χ1v) is 7.54. The zero-order valence-corrected chi connectivity index (χ0v) is 13.4. The number of nitro groups is 1. The molecule has 0 saturated carbocycles. The number of rotatable bonds is 4. The third-order valence-electron chi connectivity index (χ3n) is 3.63. The average Bonchev–Trinajstić information content (AvgIpc) is 2.65. The van der Waals surface area contributed by atoms with Crippen LogP contribution in [0.1, 0.15) is 22.8 Å². The number of carbonyl (C=O) groups is 1. The molecule has 0 aromatic heterocycles. The molecule has 0 unspecified atom stereocenters. The fourth-order valence-corrected chi connectivity index (χ4v) is 2.27. The second-order valence-corrected chi connectivity index (χ2v) is 5.30. The number of nitrogens with one attached hydrogen (secondary N) is 1. The summed E-state index contributed by atoms with van der Waals surface area (Å²) in [5.74, 6) is 0.738. The molecule has 1 N–H and O–H groups in total. The van der Waals surface area contributed by atoms with Gasteiger partial charge in [0.1, 0.15) is 13.2 Å². The number of fused-ring (bicyclic) bond motifs is 1. The van der Waals surface area contributed by atoms with Gasteiger partial charge >= 0.3 is 0 Å². The predicted octanol–water partition coefficient (Wildman–Crippen LogP) is 2.52. The Morgan fingerprint density at radius 3 is 2.40 bits per heavy atom. The van der Waals surface area contributed by atoms with Crippen LogP contribution in [0.4, 0.5) is 5.69 Å². The minimum Gasteiger partial charge on any atom is -0.486 e. The summed E-state index contributed by atoms with van der Waals surface area (Å²) in [6.07, 6.45) is 0. The molecule has 1 aliphatic heterocycles. The maximum Gasteiger partial charge on any atom is 0.271 e. The van der Waals surface area contributed by atoms with E-state index in [2.05, 4.69) is 10.5 Å². The molecule has 128 valence electrons. The summed E-state index contributed by atoms with van der Waals surface area (Å²) >= 11 is 0. The van der Waals surface area contributed by atoms with Crippen molar-refractivity contribution in [3.05, 3.63) is 63.7 Å². The van der Waals surface area contributed by atoms with Crippen molar-refractivity contribution in [2.75, 3.05) is 13.2 Å². The first-order chi connectivity index (χ1) is 12.0. The number of non-ortho nitro benzene ring substituents is 1. The molecule has 1 amide bonds. The molecule has 2 aromatic rings. The van der Waals surface area contributed by atoms with E-state index in [4.69, 9.17) is 9.47 Å². The Labute approximate surface area is 143 Å². The lowest BCUT2D eigenvalue weighted by Gasteiger charge is -2.18. The third-order valence-corrected chi connectivity index (χ3v) is 3.63. The molecule has 0 atom stereocenters. The number of hydrazone groups is 1. The van der Waals surface area contributed by atoms with E-state index in [0.717, 1.165) is 0 Å². The highest BCUT2D eigenvalue weighted by Gasteiger charge is 2.15. The van der Waals surface area contributed by atoms with Crippen molar-refractivity contribution in [1.82, 2.24) is 5.43 Å². The molecule has 0 saturated heterocycles. The second kappa shape index (κ2) is 7.00. The van der Waals surface area contributed by atoms with Crippen LogP contribution in [0.2, 0.25) is 0 Å². The van der Waals surface area contributed by atoms with Gasteiger partial charge in [0.15, 0.2) is 11.5 Å². The van der Waals surface area contributed by atoms with Gasteiger partial charge in [-0.2, -0.15) is 5.10 Å². The molecule has 0 bridgehead atoms. The van der Waals surface area contributed by atoms with Crippen molar-refractivity contribution < 1.29 is 19.2 Å². The van der Waals surface area contributed by atoms with Gasteiger partial charge in [0.25, 0.3) is 11.6 Å². The van der Waals surface area contributed by atoms with Crippen molar-refractivity contribution in [3.8, 4) is 11.5 Å². The molecule has 8 heteroatoms. The van der Waals surface area contributed by atoms with E-state index in [0.29, 0.717) is 41.6 Å². The van der Waals surface area contributed by atoms with Crippen LogP contribution in [0, 0.1) is 10.1 Å². The topological polar surface area (TPSA) is 103 Å². The molecule has 0 aliphatic carbocycles. The van der Waals surface area contributed by atoms with Crippen LogP contribution in [0.5, 0.6) is 11.5 Å². The monoisotopic (exact) mass is 341 g/mol. The number of ether oxygens (including phenoxy) is 2. The maximum absolute atomic E-state index is 12.2. The Balaban J connectivity index is 1.70. The van der Waals surface area contributed by atoms with Gasteiger partial charge in [-0.25, -0.2) is 5.43 Å². The highest BCUT2D eigenvalue weighted by Crippen LogP contribution is 2.30. The van der Waals surface area contributed by atoms with E-state index in [1.807, 2.05) is 0 Å². The number of carbonyl (C=O) groups excluding carboxylic acids is 1. The smallest absolute Gasteiger partial charge is 0.271 e. The van der Waals surface area contributed by atoms with Crippen LogP contribution in [-0.4, -0.2) is 29.8 Å². The van der Waals surface area contributed by atoms with Gasteiger partial charge in [-0.1, -0.05) is 0 Å². The first kappa shape index (κ1) is 16.4. The summed E-state index contributed by atoms with van der Waals surface area (Å²) in [7, 11) is 0. The standard InChI is InChI=1S/C17H15N3O5/c1-11(12-2-5-14(6-3-12)20(22)23)18-19-17(21)13-4-7-15-16(10-13)25-9-8-24-15/h2-7,10H,8-9H2,1H3,(H,19,21)/b18-11-. The fourth-order valence-electron chi connectivity index (χ4n) is 2.27. The zero-order valence-electron chi connectivity index (χ0n) is 13.4. The van der Waals surface area contributed by atoms with Crippen molar-refractivity contribution in [1.29, 1.82) is 0 Å². The van der Waals surface area contributed by atoms with E-state index < -0.39 is 10.8 Å². The van der Waals surface area contributed by atoms with Crippen molar-refractivity contribution in [2.24, 2.45) is 5.10 Å². The molecule has 3 rings (SSSR count). The summed E-state index contributed by atoms with van der Waals surface area (Å²) in [4.78, 5) is 22.4. The molecular formula is C17H15N3O5. The van der Waals surface area contributed by atoms with Crippen LogP contribution in [0.15, 0.2) is 47.6 Å². The van der Waals surface area contributed by atoms with Crippen molar-refractivity contribution in [2.45, 2.75) is 6.92 Å². The lowest BCUT2D eigenvalue weighted by atomic mass is 10.1.